The molecule has 2 aromatic carbocycles. The maximum absolute atomic E-state index is 15.2. The maximum atomic E-state index is 15.2. The van der Waals surface area contributed by atoms with Crippen LogP contribution in [0.1, 0.15) is 25.7 Å². The van der Waals surface area contributed by atoms with Gasteiger partial charge in [0.15, 0.2) is 0 Å². The molecule has 0 saturated carbocycles. The van der Waals surface area contributed by atoms with Crippen LogP contribution >= 0.6 is 0 Å². The van der Waals surface area contributed by atoms with Gasteiger partial charge in [-0.25, -0.2) is 4.39 Å². The van der Waals surface area contributed by atoms with Crippen LogP contribution < -0.4 is 20.5 Å². The molecule has 0 amide bonds. The second-order valence-corrected chi connectivity index (χ2v) is 10.0. The summed E-state index contributed by atoms with van der Waals surface area (Å²) < 4.78 is 34.3. The van der Waals surface area contributed by atoms with E-state index < -0.39 is 0 Å². The maximum Gasteiger partial charge on any atom is 0.262 e. The first-order chi connectivity index (χ1) is 17.6. The van der Waals surface area contributed by atoms with E-state index in [9.17, 15) is 4.79 Å². The first kappa shape index (κ1) is 23.5. The Morgan fingerprint density at radius 3 is 2.75 bits per heavy atom. The molecule has 3 aliphatic rings. The van der Waals surface area contributed by atoms with Crippen LogP contribution in [0.4, 0.5) is 10.1 Å². The SMILES string of the molecule is O=c1c2ccc(OCC3CCCO3)cc2ccn1-c1ccc(N2CCC3(CC2)CNCCO3)c(F)c1. The summed E-state index contributed by atoms with van der Waals surface area (Å²) in [5.41, 5.74) is 0.764. The Bertz CT molecular complexity index is 1290. The van der Waals surface area contributed by atoms with Gasteiger partial charge in [0.25, 0.3) is 5.56 Å². The van der Waals surface area contributed by atoms with Crippen LogP contribution in [0.3, 0.4) is 0 Å². The number of nitrogens with one attached hydrogen (secondary N) is 1. The summed E-state index contributed by atoms with van der Waals surface area (Å²) in [7, 11) is 0. The van der Waals surface area contributed by atoms with Gasteiger partial charge in [-0.2, -0.15) is 0 Å². The van der Waals surface area contributed by atoms with E-state index in [1.807, 2.05) is 18.2 Å². The number of aromatic nitrogens is 1. The molecule has 6 rings (SSSR count). The van der Waals surface area contributed by atoms with Crippen molar-refractivity contribution >= 4 is 16.5 Å². The lowest BCUT2D eigenvalue weighted by Gasteiger charge is -2.44. The number of piperidine rings is 1. The average Bonchev–Trinajstić information content (AvgIpc) is 3.43. The number of ether oxygens (including phenoxy) is 3. The predicted octanol–water partition coefficient (Wildman–Crippen LogP) is 3.65. The summed E-state index contributed by atoms with van der Waals surface area (Å²) in [5.74, 6) is 0.388. The van der Waals surface area contributed by atoms with E-state index in [2.05, 4.69) is 10.2 Å². The van der Waals surface area contributed by atoms with Crippen molar-refractivity contribution in [3.05, 3.63) is 64.8 Å². The molecular formula is C28H32FN3O4. The lowest BCUT2D eigenvalue weighted by atomic mass is 9.89. The Morgan fingerprint density at radius 1 is 1.11 bits per heavy atom. The summed E-state index contributed by atoms with van der Waals surface area (Å²) in [6, 6.07) is 12.4. The van der Waals surface area contributed by atoms with E-state index in [0.717, 1.165) is 70.5 Å². The number of morpholine rings is 1. The minimum Gasteiger partial charge on any atom is -0.491 e. The molecule has 0 radical (unpaired) electrons. The fraction of sp³-hybridized carbons (Fsp3) is 0.464. The highest BCUT2D eigenvalue weighted by Gasteiger charge is 2.37. The number of halogens is 1. The molecule has 8 heteroatoms. The Morgan fingerprint density at radius 2 is 2.00 bits per heavy atom. The highest BCUT2D eigenvalue weighted by atomic mass is 19.1. The fourth-order valence-corrected chi connectivity index (χ4v) is 5.57. The van der Waals surface area contributed by atoms with Gasteiger partial charge < -0.3 is 24.4 Å². The van der Waals surface area contributed by atoms with Crippen molar-refractivity contribution in [3.63, 3.8) is 0 Å². The smallest absolute Gasteiger partial charge is 0.262 e. The van der Waals surface area contributed by atoms with Gasteiger partial charge in [0.05, 0.1) is 29.7 Å². The van der Waals surface area contributed by atoms with Crippen molar-refractivity contribution in [3.8, 4) is 11.4 Å². The zero-order valence-electron chi connectivity index (χ0n) is 20.4. The molecule has 1 aromatic heterocycles. The second-order valence-electron chi connectivity index (χ2n) is 10.0. The summed E-state index contributed by atoms with van der Waals surface area (Å²) in [5, 5.41) is 4.77. The van der Waals surface area contributed by atoms with E-state index in [4.69, 9.17) is 14.2 Å². The molecule has 7 nitrogen and oxygen atoms in total. The van der Waals surface area contributed by atoms with Gasteiger partial charge >= 0.3 is 0 Å². The van der Waals surface area contributed by atoms with Crippen LogP contribution in [-0.2, 0) is 9.47 Å². The molecule has 0 aliphatic carbocycles. The van der Waals surface area contributed by atoms with Crippen molar-refractivity contribution in [1.29, 1.82) is 0 Å². The molecule has 3 fully saturated rings. The Hall–Kier alpha value is -2.94. The lowest BCUT2D eigenvalue weighted by Crippen LogP contribution is -2.55. The van der Waals surface area contributed by atoms with Gasteiger partial charge in [-0.05, 0) is 67.5 Å². The van der Waals surface area contributed by atoms with Crippen molar-refractivity contribution in [2.75, 3.05) is 50.9 Å². The molecule has 1 unspecified atom stereocenters. The first-order valence-electron chi connectivity index (χ1n) is 12.9. The summed E-state index contributed by atoms with van der Waals surface area (Å²) >= 11 is 0. The third kappa shape index (κ3) is 4.61. The molecule has 1 spiro atoms. The van der Waals surface area contributed by atoms with Crippen LogP contribution in [0.25, 0.3) is 16.5 Å². The molecule has 36 heavy (non-hydrogen) atoms. The number of hydrogen-bond acceptors (Lipinski definition) is 6. The molecule has 4 heterocycles. The highest BCUT2D eigenvalue weighted by Crippen LogP contribution is 2.32. The molecule has 3 aromatic rings. The van der Waals surface area contributed by atoms with Crippen molar-refractivity contribution in [2.24, 2.45) is 0 Å². The number of nitrogens with zero attached hydrogens (tertiary/aromatic N) is 2. The average molecular weight is 494 g/mol. The second kappa shape index (κ2) is 9.84. The van der Waals surface area contributed by atoms with E-state index in [-0.39, 0.29) is 23.1 Å². The van der Waals surface area contributed by atoms with E-state index in [1.165, 1.54) is 10.6 Å². The van der Waals surface area contributed by atoms with Crippen molar-refractivity contribution in [2.45, 2.75) is 37.4 Å². The van der Waals surface area contributed by atoms with Crippen molar-refractivity contribution < 1.29 is 18.6 Å². The number of benzene rings is 2. The van der Waals surface area contributed by atoms with Gasteiger partial charge in [0, 0.05) is 50.4 Å². The zero-order valence-corrected chi connectivity index (χ0v) is 20.4. The van der Waals surface area contributed by atoms with Crippen LogP contribution in [0, 0.1) is 5.82 Å². The van der Waals surface area contributed by atoms with Crippen molar-refractivity contribution in [1.82, 2.24) is 9.88 Å². The molecule has 1 N–H and O–H groups in total. The number of anilines is 1. The van der Waals surface area contributed by atoms with Crippen LogP contribution in [0.5, 0.6) is 5.75 Å². The summed E-state index contributed by atoms with van der Waals surface area (Å²) in [6.45, 7) is 5.26. The number of rotatable bonds is 5. The van der Waals surface area contributed by atoms with E-state index in [1.54, 1.807) is 24.4 Å². The van der Waals surface area contributed by atoms with Crippen LogP contribution in [0.2, 0.25) is 0 Å². The summed E-state index contributed by atoms with van der Waals surface area (Å²) in [4.78, 5) is 15.3. The van der Waals surface area contributed by atoms with Gasteiger partial charge in [-0.15, -0.1) is 0 Å². The minimum absolute atomic E-state index is 0.126. The zero-order chi connectivity index (χ0) is 24.5. The standard InChI is InChI=1S/C28H32FN3O4/c29-25-17-21(3-6-26(25)31-12-8-28(9-13-31)19-30-10-15-36-28)32-11-7-20-16-22(4-5-24(20)27(32)33)35-18-23-2-1-14-34-23/h3-7,11,16-17,23,30H,1-2,8-10,12-15,18-19H2. The van der Waals surface area contributed by atoms with Gasteiger partial charge in [-0.1, -0.05) is 0 Å². The molecular weight excluding hydrogens is 461 g/mol. The Labute approximate surface area is 209 Å². The third-order valence-electron chi connectivity index (χ3n) is 7.69. The largest absolute Gasteiger partial charge is 0.491 e. The van der Waals surface area contributed by atoms with Crippen LogP contribution in [-0.4, -0.2) is 62.3 Å². The monoisotopic (exact) mass is 493 g/mol. The predicted molar refractivity (Wildman–Crippen MR) is 137 cm³/mol. The Balaban J connectivity index is 1.18. The molecule has 190 valence electrons. The fourth-order valence-electron chi connectivity index (χ4n) is 5.57. The molecule has 1 atom stereocenters. The number of pyridine rings is 1. The Kier molecular flexibility index (Phi) is 6.41. The first-order valence-corrected chi connectivity index (χ1v) is 12.9. The summed E-state index contributed by atoms with van der Waals surface area (Å²) in [6.07, 6.45) is 5.64. The van der Waals surface area contributed by atoms with E-state index >= 15 is 4.39 Å². The minimum atomic E-state index is -0.323. The quantitative estimate of drug-likeness (QED) is 0.586. The number of hydrogen-bond donors (Lipinski definition) is 1. The molecule has 3 aliphatic heterocycles. The van der Waals surface area contributed by atoms with Crippen LogP contribution in [0.15, 0.2) is 53.5 Å². The third-order valence-corrected chi connectivity index (χ3v) is 7.69. The van der Waals surface area contributed by atoms with Gasteiger partial charge in [0.1, 0.15) is 18.2 Å². The van der Waals surface area contributed by atoms with Gasteiger partial charge in [-0.3, -0.25) is 9.36 Å². The molecule has 0 bridgehead atoms. The highest BCUT2D eigenvalue weighted by molar-refractivity contribution is 5.83. The van der Waals surface area contributed by atoms with Gasteiger partial charge in [0.2, 0.25) is 0 Å². The normalized spacial score (nSPS) is 21.8. The lowest BCUT2D eigenvalue weighted by molar-refractivity contribution is -0.0800. The van der Waals surface area contributed by atoms with E-state index in [0.29, 0.717) is 29.1 Å². The number of fused-ring (bicyclic) bond motifs is 1. The molecule has 3 saturated heterocycles. The topological polar surface area (TPSA) is 65.0 Å².